The van der Waals surface area contributed by atoms with E-state index in [1.165, 1.54) is 0 Å². The molecule has 4 heteroatoms. The fourth-order valence-electron chi connectivity index (χ4n) is 0.812. The third kappa shape index (κ3) is 4.00. The van der Waals surface area contributed by atoms with Crippen LogP contribution in [0.4, 0.5) is 0 Å². The van der Waals surface area contributed by atoms with Gasteiger partial charge in [-0.3, -0.25) is 0 Å². The third-order valence-electron chi connectivity index (χ3n) is 1.79. The number of hydrogen-bond acceptors (Lipinski definition) is 3. The predicted octanol–water partition coefficient (Wildman–Crippen LogP) is -1.70. The lowest BCUT2D eigenvalue weighted by Crippen LogP contribution is -2.56. The molecule has 0 amide bonds. The minimum atomic E-state index is -0.451. The van der Waals surface area contributed by atoms with Crippen molar-refractivity contribution < 1.29 is 0 Å². The fourth-order valence-corrected chi connectivity index (χ4v) is 1.05. The van der Waals surface area contributed by atoms with E-state index in [1.807, 2.05) is 6.92 Å². The van der Waals surface area contributed by atoms with Crippen LogP contribution in [0.1, 0.15) is 20.3 Å². The average molecular weight is 161 g/mol. The molecule has 6 N–H and O–H groups in total. The molecule has 0 saturated heterocycles. The summed E-state index contributed by atoms with van der Waals surface area (Å²) in [6.45, 7) is 4.03. The van der Waals surface area contributed by atoms with Crippen molar-refractivity contribution in [2.45, 2.75) is 31.6 Å². The highest BCUT2D eigenvalue weighted by Crippen LogP contribution is 2.10. The molecule has 2 atom stereocenters. The van der Waals surface area contributed by atoms with E-state index in [1.54, 1.807) is 0 Å². The van der Waals surface area contributed by atoms with Crippen LogP contribution in [0, 0.1) is 5.92 Å². The first-order chi connectivity index (χ1) is 4.34. The highest BCUT2D eigenvalue weighted by atomic mass is 28.1. The minimum absolute atomic E-state index is 0.204. The van der Waals surface area contributed by atoms with Crippen molar-refractivity contribution in [2.75, 3.05) is 0 Å². The molecular formula is C6H19N3Si. The van der Waals surface area contributed by atoms with Gasteiger partial charge in [0, 0.05) is 21.6 Å². The summed E-state index contributed by atoms with van der Waals surface area (Å²) >= 11 is 0. The summed E-state index contributed by atoms with van der Waals surface area (Å²) in [5, 5.41) is -0.451. The van der Waals surface area contributed by atoms with E-state index in [-0.39, 0.29) is 6.04 Å². The van der Waals surface area contributed by atoms with Crippen molar-refractivity contribution >= 4 is 10.2 Å². The molecule has 0 heterocycles. The second-order valence-electron chi connectivity index (χ2n) is 3.48. The summed E-state index contributed by atoms with van der Waals surface area (Å²) in [7, 11) is 0.817. The van der Waals surface area contributed by atoms with Gasteiger partial charge < -0.3 is 17.2 Å². The lowest BCUT2D eigenvalue weighted by Gasteiger charge is -2.28. The Hall–Kier alpha value is 0.0969. The van der Waals surface area contributed by atoms with Crippen molar-refractivity contribution in [3.63, 3.8) is 0 Å². The molecule has 0 rings (SSSR count). The van der Waals surface area contributed by atoms with Crippen LogP contribution in [0.2, 0.25) is 0 Å². The lowest BCUT2D eigenvalue weighted by molar-refractivity contribution is 0.367. The Morgan fingerprint density at radius 3 is 1.90 bits per heavy atom. The van der Waals surface area contributed by atoms with Gasteiger partial charge in [-0.1, -0.05) is 6.92 Å². The van der Waals surface area contributed by atoms with Gasteiger partial charge in [-0.15, -0.1) is 0 Å². The lowest BCUT2D eigenvalue weighted by atomic mass is 10.0. The van der Waals surface area contributed by atoms with Gasteiger partial charge in [0.25, 0.3) is 0 Å². The summed E-state index contributed by atoms with van der Waals surface area (Å²) in [5.41, 5.74) is 17.0. The molecule has 3 nitrogen and oxygen atoms in total. The maximum absolute atomic E-state index is 5.71. The van der Waals surface area contributed by atoms with Crippen LogP contribution in [0.5, 0.6) is 0 Å². The van der Waals surface area contributed by atoms with Crippen LogP contribution in [0.3, 0.4) is 0 Å². The second kappa shape index (κ2) is 3.48. The Balaban J connectivity index is 3.73. The van der Waals surface area contributed by atoms with Gasteiger partial charge in [-0.2, -0.15) is 0 Å². The topological polar surface area (TPSA) is 78.1 Å². The first-order valence-corrected chi connectivity index (χ1v) is 4.67. The van der Waals surface area contributed by atoms with Gasteiger partial charge in [-0.05, 0) is 19.3 Å². The summed E-state index contributed by atoms with van der Waals surface area (Å²) in [6, 6.07) is 0.204. The molecule has 0 radical (unpaired) electrons. The molecular weight excluding hydrogens is 142 g/mol. The van der Waals surface area contributed by atoms with E-state index in [0.717, 1.165) is 16.7 Å². The summed E-state index contributed by atoms with van der Waals surface area (Å²) in [6.07, 6.45) is 0.913. The van der Waals surface area contributed by atoms with Crippen LogP contribution in [0.25, 0.3) is 0 Å². The molecule has 0 fully saturated rings. The smallest absolute Gasteiger partial charge is 0.0461 e. The standard InChI is InChI=1S/C6H19N3Si/c1-4(3-5(2)7)6(8,9)10/h4-5H,3,7-9H2,1-2,10H3. The summed E-state index contributed by atoms with van der Waals surface area (Å²) in [4.78, 5) is 0. The zero-order valence-electron chi connectivity index (χ0n) is 7.09. The third-order valence-corrected chi connectivity index (χ3v) is 2.77. The number of nitrogens with two attached hydrogens (primary N) is 3. The Bertz CT molecular complexity index is 97.7. The van der Waals surface area contributed by atoms with E-state index < -0.39 is 5.29 Å². The van der Waals surface area contributed by atoms with Crippen LogP contribution < -0.4 is 17.2 Å². The van der Waals surface area contributed by atoms with E-state index in [4.69, 9.17) is 17.2 Å². The van der Waals surface area contributed by atoms with Crippen molar-refractivity contribution in [3.8, 4) is 0 Å². The highest BCUT2D eigenvalue weighted by molar-refractivity contribution is 6.14. The minimum Gasteiger partial charge on any atom is -0.328 e. The Morgan fingerprint density at radius 2 is 1.80 bits per heavy atom. The maximum atomic E-state index is 5.71. The average Bonchev–Trinajstić information content (AvgIpc) is 1.60. The van der Waals surface area contributed by atoms with E-state index in [9.17, 15) is 0 Å². The molecule has 0 spiro atoms. The fraction of sp³-hybridized carbons (Fsp3) is 1.00. The van der Waals surface area contributed by atoms with Gasteiger partial charge in [0.2, 0.25) is 0 Å². The van der Waals surface area contributed by atoms with E-state index in [0.29, 0.717) is 5.92 Å². The quantitative estimate of drug-likeness (QED) is 0.341. The van der Waals surface area contributed by atoms with Gasteiger partial charge >= 0.3 is 0 Å². The number of rotatable bonds is 3. The molecule has 62 valence electrons. The first-order valence-electron chi connectivity index (χ1n) is 3.67. The molecule has 0 aromatic heterocycles. The van der Waals surface area contributed by atoms with E-state index >= 15 is 0 Å². The molecule has 2 unspecified atom stereocenters. The van der Waals surface area contributed by atoms with Crippen molar-refractivity contribution in [3.05, 3.63) is 0 Å². The molecule has 0 saturated carbocycles. The Morgan fingerprint density at radius 1 is 1.40 bits per heavy atom. The largest absolute Gasteiger partial charge is 0.328 e. The van der Waals surface area contributed by atoms with Crippen LogP contribution in [-0.2, 0) is 0 Å². The second-order valence-corrected chi connectivity index (χ2v) is 5.21. The Labute approximate surface area is 65.8 Å². The monoisotopic (exact) mass is 161 g/mol. The van der Waals surface area contributed by atoms with Crippen molar-refractivity contribution in [1.82, 2.24) is 0 Å². The molecule has 0 aliphatic carbocycles. The van der Waals surface area contributed by atoms with Crippen molar-refractivity contribution in [2.24, 2.45) is 23.1 Å². The van der Waals surface area contributed by atoms with Gasteiger partial charge in [0.15, 0.2) is 0 Å². The van der Waals surface area contributed by atoms with Crippen LogP contribution >= 0.6 is 0 Å². The SMILES string of the molecule is CC(N)CC(C)C(N)(N)[SiH3]. The molecule has 0 aliphatic rings. The number of hydrogen-bond donors (Lipinski definition) is 3. The molecule has 0 aliphatic heterocycles. The zero-order chi connectivity index (χ0) is 8.36. The molecule has 0 aromatic carbocycles. The Kier molecular flexibility index (Phi) is 3.51. The normalized spacial score (nSPS) is 18.9. The summed E-state index contributed by atoms with van der Waals surface area (Å²) < 4.78 is 0. The predicted molar refractivity (Wildman–Crippen MR) is 48.5 cm³/mol. The van der Waals surface area contributed by atoms with E-state index in [2.05, 4.69) is 6.92 Å². The summed E-state index contributed by atoms with van der Waals surface area (Å²) in [5.74, 6) is 0.333. The van der Waals surface area contributed by atoms with Crippen molar-refractivity contribution in [1.29, 1.82) is 0 Å². The van der Waals surface area contributed by atoms with Gasteiger partial charge in [-0.25, -0.2) is 0 Å². The highest BCUT2D eigenvalue weighted by Gasteiger charge is 2.21. The van der Waals surface area contributed by atoms with Crippen LogP contribution in [0.15, 0.2) is 0 Å². The first kappa shape index (κ1) is 10.1. The molecule has 10 heavy (non-hydrogen) atoms. The van der Waals surface area contributed by atoms with Gasteiger partial charge in [0.1, 0.15) is 0 Å². The van der Waals surface area contributed by atoms with Gasteiger partial charge in [0.05, 0.1) is 0 Å². The zero-order valence-corrected chi connectivity index (χ0v) is 9.09. The maximum Gasteiger partial charge on any atom is 0.0461 e. The molecule has 0 aromatic rings. The molecule has 0 bridgehead atoms. The van der Waals surface area contributed by atoms with Crippen LogP contribution in [-0.4, -0.2) is 21.6 Å².